The Hall–Kier alpha value is -1.17. The molecule has 0 saturated carbocycles. The van der Waals surface area contributed by atoms with Gasteiger partial charge in [-0.3, -0.25) is 9.69 Å². The minimum atomic E-state index is -0.236. The Morgan fingerprint density at radius 2 is 2.24 bits per heavy atom. The molecule has 1 aromatic carbocycles. The van der Waals surface area contributed by atoms with Crippen LogP contribution in [0, 0.1) is 0 Å². The van der Waals surface area contributed by atoms with Gasteiger partial charge in [-0.1, -0.05) is 23.7 Å². The molecule has 1 N–H and O–H groups in total. The summed E-state index contributed by atoms with van der Waals surface area (Å²) in [6, 6.07) is 7.67. The third-order valence-electron chi connectivity index (χ3n) is 3.13. The van der Waals surface area contributed by atoms with Crippen LogP contribution in [0.1, 0.15) is 6.42 Å². The summed E-state index contributed by atoms with van der Waals surface area (Å²) >= 11 is 1.49. The molecule has 1 atom stereocenters. The van der Waals surface area contributed by atoms with Crippen LogP contribution in [0.5, 0.6) is 0 Å². The number of fused-ring (bicyclic) bond motifs is 1. The van der Waals surface area contributed by atoms with Crippen molar-refractivity contribution in [2.24, 2.45) is 0 Å². The van der Waals surface area contributed by atoms with E-state index < -0.39 is 0 Å². The lowest BCUT2D eigenvalue weighted by Gasteiger charge is -2.13. The van der Waals surface area contributed by atoms with Crippen molar-refractivity contribution in [3.63, 3.8) is 0 Å². The van der Waals surface area contributed by atoms with Gasteiger partial charge < -0.3 is 5.11 Å². The molecule has 1 aliphatic heterocycles. The molecule has 0 aliphatic carbocycles. The Morgan fingerprint density at radius 3 is 2.94 bits per heavy atom. The van der Waals surface area contributed by atoms with Crippen LogP contribution in [-0.2, 0) is 6.67 Å². The number of rotatable bonds is 2. The van der Waals surface area contributed by atoms with Crippen molar-refractivity contribution in [2.45, 2.75) is 19.2 Å². The van der Waals surface area contributed by atoms with Gasteiger partial charge in [-0.25, -0.2) is 3.96 Å². The number of aliphatic hydroxyl groups is 1. The maximum Gasteiger partial charge on any atom is 0.269 e. The molecule has 5 heteroatoms. The van der Waals surface area contributed by atoms with E-state index in [1.165, 1.54) is 11.5 Å². The van der Waals surface area contributed by atoms with E-state index in [4.69, 9.17) is 0 Å². The zero-order valence-corrected chi connectivity index (χ0v) is 10.2. The minimum Gasteiger partial charge on any atom is -0.392 e. The van der Waals surface area contributed by atoms with E-state index in [1.807, 2.05) is 24.3 Å². The van der Waals surface area contributed by atoms with Crippen LogP contribution in [0.4, 0.5) is 0 Å². The SMILES string of the molecule is O=c1c2ccccc2sn1CN1CC[C@@H](O)C1. The van der Waals surface area contributed by atoms with Gasteiger partial charge in [0.05, 0.1) is 22.9 Å². The van der Waals surface area contributed by atoms with Crippen molar-refractivity contribution < 1.29 is 5.11 Å². The Bertz CT molecular complexity index is 589. The summed E-state index contributed by atoms with van der Waals surface area (Å²) in [6.45, 7) is 2.12. The van der Waals surface area contributed by atoms with E-state index in [9.17, 15) is 9.90 Å². The molecule has 1 aliphatic rings. The molecule has 0 radical (unpaired) electrons. The fourth-order valence-electron chi connectivity index (χ4n) is 2.23. The Labute approximate surface area is 103 Å². The van der Waals surface area contributed by atoms with E-state index in [1.54, 1.807) is 3.96 Å². The first-order chi connectivity index (χ1) is 8.24. The Kier molecular flexibility index (Phi) is 2.74. The van der Waals surface area contributed by atoms with E-state index in [-0.39, 0.29) is 11.7 Å². The second-order valence-corrected chi connectivity index (χ2v) is 5.50. The average molecular weight is 250 g/mol. The number of likely N-dealkylation sites (tertiary alicyclic amines) is 1. The van der Waals surface area contributed by atoms with Gasteiger partial charge in [0.2, 0.25) is 0 Å². The van der Waals surface area contributed by atoms with Crippen molar-refractivity contribution >= 4 is 21.6 Å². The molecule has 3 rings (SSSR count). The summed E-state index contributed by atoms with van der Waals surface area (Å²) in [5, 5.41) is 10.3. The third-order valence-corrected chi connectivity index (χ3v) is 4.18. The molecular weight excluding hydrogens is 236 g/mol. The van der Waals surface area contributed by atoms with Crippen LogP contribution in [0.2, 0.25) is 0 Å². The van der Waals surface area contributed by atoms with E-state index in [0.717, 1.165) is 23.1 Å². The number of hydrogen-bond donors (Lipinski definition) is 1. The first-order valence-electron chi connectivity index (χ1n) is 5.73. The molecule has 1 saturated heterocycles. The summed E-state index contributed by atoms with van der Waals surface area (Å²) in [4.78, 5) is 14.2. The lowest BCUT2D eigenvalue weighted by Crippen LogP contribution is -2.28. The Balaban J connectivity index is 1.90. The summed E-state index contributed by atoms with van der Waals surface area (Å²) in [5.41, 5.74) is 0.0759. The van der Waals surface area contributed by atoms with Gasteiger partial charge in [0.15, 0.2) is 0 Å². The zero-order chi connectivity index (χ0) is 11.8. The summed E-state index contributed by atoms with van der Waals surface area (Å²) < 4.78 is 2.79. The normalized spacial score (nSPS) is 21.4. The summed E-state index contributed by atoms with van der Waals surface area (Å²) in [6.07, 6.45) is 0.569. The summed E-state index contributed by atoms with van der Waals surface area (Å²) in [7, 11) is 0. The Morgan fingerprint density at radius 1 is 1.41 bits per heavy atom. The number of aromatic nitrogens is 1. The number of nitrogens with zero attached hydrogens (tertiary/aromatic N) is 2. The number of aliphatic hydroxyl groups excluding tert-OH is 1. The van der Waals surface area contributed by atoms with Crippen molar-refractivity contribution in [3.8, 4) is 0 Å². The second-order valence-electron chi connectivity index (χ2n) is 4.43. The molecule has 2 heterocycles. The predicted octanol–water partition coefficient (Wildman–Crippen LogP) is 1.09. The van der Waals surface area contributed by atoms with Crippen molar-refractivity contribution in [2.75, 3.05) is 13.1 Å². The van der Waals surface area contributed by atoms with Crippen LogP contribution in [0.3, 0.4) is 0 Å². The maximum atomic E-state index is 12.1. The maximum absolute atomic E-state index is 12.1. The molecule has 0 bridgehead atoms. The van der Waals surface area contributed by atoms with Gasteiger partial charge in [0.1, 0.15) is 0 Å². The largest absolute Gasteiger partial charge is 0.392 e. The molecule has 1 fully saturated rings. The van der Waals surface area contributed by atoms with Crippen LogP contribution in [-0.4, -0.2) is 33.2 Å². The van der Waals surface area contributed by atoms with E-state index >= 15 is 0 Å². The first kappa shape index (κ1) is 11.0. The number of β-amino-alcohol motifs (C(OH)–C–C–N with tert-alkyl or cyclic N) is 1. The smallest absolute Gasteiger partial charge is 0.269 e. The molecule has 4 nitrogen and oxygen atoms in total. The molecule has 90 valence electrons. The standard InChI is InChI=1S/C12H14N2O2S/c15-9-5-6-13(7-9)8-14-12(16)10-3-1-2-4-11(10)17-14/h1-4,9,15H,5-8H2/t9-/m1/s1. The molecule has 2 aromatic rings. The predicted molar refractivity (Wildman–Crippen MR) is 68.3 cm³/mol. The minimum absolute atomic E-state index is 0.0759. The van der Waals surface area contributed by atoms with Crippen LogP contribution in [0.25, 0.3) is 10.1 Å². The number of benzene rings is 1. The zero-order valence-electron chi connectivity index (χ0n) is 9.37. The van der Waals surface area contributed by atoms with Gasteiger partial charge in [-0.2, -0.15) is 0 Å². The van der Waals surface area contributed by atoms with Gasteiger partial charge in [0.25, 0.3) is 5.56 Å². The van der Waals surface area contributed by atoms with Crippen molar-refractivity contribution in [1.29, 1.82) is 0 Å². The van der Waals surface area contributed by atoms with Gasteiger partial charge in [-0.05, 0) is 18.6 Å². The third kappa shape index (κ3) is 2.01. The van der Waals surface area contributed by atoms with E-state index in [0.29, 0.717) is 13.2 Å². The van der Waals surface area contributed by atoms with Gasteiger partial charge in [0, 0.05) is 13.1 Å². The lowest BCUT2D eigenvalue weighted by molar-refractivity contribution is 0.167. The topological polar surface area (TPSA) is 45.5 Å². The fourth-order valence-corrected chi connectivity index (χ4v) is 3.27. The first-order valence-corrected chi connectivity index (χ1v) is 6.50. The van der Waals surface area contributed by atoms with Crippen LogP contribution >= 0.6 is 11.5 Å². The van der Waals surface area contributed by atoms with Gasteiger partial charge >= 0.3 is 0 Å². The molecule has 0 unspecified atom stereocenters. The second kappa shape index (κ2) is 4.25. The number of hydrogen-bond acceptors (Lipinski definition) is 4. The molecular formula is C12H14N2O2S. The highest BCUT2D eigenvalue weighted by atomic mass is 32.1. The molecule has 1 aromatic heterocycles. The van der Waals surface area contributed by atoms with Crippen molar-refractivity contribution in [3.05, 3.63) is 34.6 Å². The highest BCUT2D eigenvalue weighted by Crippen LogP contribution is 2.17. The van der Waals surface area contributed by atoms with E-state index in [2.05, 4.69) is 4.90 Å². The average Bonchev–Trinajstić information content (AvgIpc) is 2.86. The fraction of sp³-hybridized carbons (Fsp3) is 0.417. The van der Waals surface area contributed by atoms with Crippen LogP contribution in [0.15, 0.2) is 29.1 Å². The molecule has 0 spiro atoms. The van der Waals surface area contributed by atoms with Gasteiger partial charge in [-0.15, -0.1) is 0 Å². The summed E-state index contributed by atoms with van der Waals surface area (Å²) in [5.74, 6) is 0. The highest BCUT2D eigenvalue weighted by Gasteiger charge is 2.21. The quantitative estimate of drug-likeness (QED) is 0.867. The monoisotopic (exact) mass is 250 g/mol. The molecule has 0 amide bonds. The molecule has 17 heavy (non-hydrogen) atoms. The highest BCUT2D eigenvalue weighted by molar-refractivity contribution is 7.13. The van der Waals surface area contributed by atoms with Crippen molar-refractivity contribution in [1.82, 2.24) is 8.86 Å². The van der Waals surface area contributed by atoms with Crippen LogP contribution < -0.4 is 5.56 Å². The lowest BCUT2D eigenvalue weighted by atomic mass is 10.3.